The van der Waals surface area contributed by atoms with E-state index in [1.165, 1.54) is 32.7 Å². The molecule has 9 rings (SSSR count). The molecule has 0 bridgehead atoms. The summed E-state index contributed by atoms with van der Waals surface area (Å²) in [6, 6.07) is 45.0. The van der Waals surface area contributed by atoms with Gasteiger partial charge < -0.3 is 10.6 Å². The van der Waals surface area contributed by atoms with Gasteiger partial charge in [-0.25, -0.2) is 0 Å². The van der Waals surface area contributed by atoms with Crippen LogP contribution in [0, 0.1) is 0 Å². The molecular formula is C39H26N4S. The van der Waals surface area contributed by atoms with Crippen molar-refractivity contribution in [2.24, 2.45) is 4.99 Å². The Bertz CT molecular complexity index is 2450. The summed E-state index contributed by atoms with van der Waals surface area (Å²) in [7, 11) is 0. The van der Waals surface area contributed by atoms with Crippen LogP contribution in [0.4, 0.5) is 17.1 Å². The molecule has 208 valence electrons. The predicted octanol–water partition coefficient (Wildman–Crippen LogP) is 9.95. The molecule has 0 spiro atoms. The van der Waals surface area contributed by atoms with Crippen molar-refractivity contribution in [3.8, 4) is 11.1 Å². The van der Waals surface area contributed by atoms with Crippen molar-refractivity contribution in [1.29, 1.82) is 0 Å². The average molecular weight is 583 g/mol. The maximum Gasteiger partial charge on any atom is 0.115 e. The molecule has 0 saturated carbocycles. The maximum absolute atomic E-state index is 6.89. The fourth-order valence-electron chi connectivity index (χ4n) is 6.68. The Kier molecular flexibility index (Phi) is 5.55. The van der Waals surface area contributed by atoms with E-state index < -0.39 is 0 Å². The molecule has 2 N–H and O–H groups in total. The molecule has 44 heavy (non-hydrogen) atoms. The fraction of sp³-hybridized carbons (Fsp3) is 0.0256. The number of nitrogen functional groups attached to an aromatic ring is 1. The minimum Gasteiger partial charge on any atom is -0.397 e. The lowest BCUT2D eigenvalue weighted by molar-refractivity contribution is 0.987. The van der Waals surface area contributed by atoms with Crippen LogP contribution in [0.1, 0.15) is 10.4 Å². The summed E-state index contributed by atoms with van der Waals surface area (Å²) in [5.41, 5.74) is 15.2. The Hall–Kier alpha value is -5.52. The topological polar surface area (TPSA) is 54.5 Å². The summed E-state index contributed by atoms with van der Waals surface area (Å²) >= 11 is 1.69. The first-order valence-corrected chi connectivity index (χ1v) is 15.5. The van der Waals surface area contributed by atoms with Gasteiger partial charge in [-0.1, -0.05) is 97.1 Å². The van der Waals surface area contributed by atoms with Gasteiger partial charge >= 0.3 is 0 Å². The summed E-state index contributed by atoms with van der Waals surface area (Å²) in [6.45, 7) is 0.422. The normalized spacial score (nSPS) is 12.8. The van der Waals surface area contributed by atoms with E-state index in [1.54, 1.807) is 11.3 Å². The molecule has 1 aliphatic heterocycles. The van der Waals surface area contributed by atoms with Crippen molar-refractivity contribution in [1.82, 2.24) is 4.98 Å². The van der Waals surface area contributed by atoms with E-state index in [4.69, 9.17) is 15.7 Å². The molecule has 0 aliphatic carbocycles. The van der Waals surface area contributed by atoms with Crippen LogP contribution in [0.5, 0.6) is 0 Å². The highest BCUT2D eigenvalue weighted by Gasteiger charge is 2.26. The van der Waals surface area contributed by atoms with Crippen LogP contribution in [-0.4, -0.2) is 17.4 Å². The van der Waals surface area contributed by atoms with E-state index >= 15 is 0 Å². The quantitative estimate of drug-likeness (QED) is 0.210. The third-order valence-electron chi connectivity index (χ3n) is 8.73. The Balaban J connectivity index is 1.30. The van der Waals surface area contributed by atoms with E-state index in [9.17, 15) is 0 Å². The minimum absolute atomic E-state index is 0.422. The van der Waals surface area contributed by atoms with Crippen molar-refractivity contribution in [2.45, 2.75) is 0 Å². The predicted molar refractivity (Wildman–Crippen MR) is 188 cm³/mol. The molecule has 0 amide bonds. The van der Waals surface area contributed by atoms with Crippen LogP contribution in [0.25, 0.3) is 53.7 Å². The van der Waals surface area contributed by atoms with Crippen molar-refractivity contribution >= 4 is 76.6 Å². The highest BCUT2D eigenvalue weighted by molar-refractivity contribution is 7.21. The number of hydrogen-bond acceptors (Lipinski definition) is 5. The number of rotatable bonds is 4. The lowest BCUT2D eigenvalue weighted by atomic mass is 9.90. The Labute approximate surface area is 258 Å². The smallest absolute Gasteiger partial charge is 0.115 e. The molecule has 2 aromatic heterocycles. The second-order valence-electron chi connectivity index (χ2n) is 11.2. The molecule has 8 aromatic rings. The number of aromatic nitrogens is 1. The van der Waals surface area contributed by atoms with Crippen LogP contribution in [0.15, 0.2) is 139 Å². The number of para-hydroxylation sites is 1. The van der Waals surface area contributed by atoms with Gasteiger partial charge in [0.1, 0.15) is 6.67 Å². The summed E-state index contributed by atoms with van der Waals surface area (Å²) in [4.78, 5) is 13.6. The SMILES string of the molecule is Nc1c(/C(=N\CN2c3cc4ccccc4cc3-c3cccc4cccc2c34)c2cccc3cccnc23)sc2ccccc12. The van der Waals surface area contributed by atoms with Gasteiger partial charge in [0, 0.05) is 38.2 Å². The molecule has 0 fully saturated rings. The Morgan fingerprint density at radius 3 is 2.30 bits per heavy atom. The largest absolute Gasteiger partial charge is 0.397 e. The van der Waals surface area contributed by atoms with Gasteiger partial charge in [-0.3, -0.25) is 9.98 Å². The highest BCUT2D eigenvalue weighted by atomic mass is 32.1. The number of nitrogens with two attached hydrogens (primary N) is 1. The molecule has 5 heteroatoms. The average Bonchev–Trinajstić information content (AvgIpc) is 3.41. The van der Waals surface area contributed by atoms with E-state index in [-0.39, 0.29) is 0 Å². The van der Waals surface area contributed by atoms with Crippen molar-refractivity contribution in [2.75, 3.05) is 17.3 Å². The standard InChI is InChI=1S/C39H26N4S/c40-36-29-15-3-4-19-34(29)44-39(36)38(30-17-6-13-25-14-8-20-41-37(25)30)42-23-43-32-18-7-12-24-11-5-16-28(35(24)32)31-21-26-9-1-2-10-27(26)22-33(31)43/h1-22H,23,40H2/b42-38-. The Morgan fingerprint density at radius 1 is 0.682 bits per heavy atom. The molecule has 6 aromatic carbocycles. The van der Waals surface area contributed by atoms with E-state index in [0.29, 0.717) is 6.67 Å². The van der Waals surface area contributed by atoms with Crippen LogP contribution in [0.3, 0.4) is 0 Å². The molecule has 4 nitrogen and oxygen atoms in total. The number of thiophene rings is 1. The second-order valence-corrected chi connectivity index (χ2v) is 12.2. The van der Waals surface area contributed by atoms with Crippen LogP contribution >= 0.6 is 11.3 Å². The molecule has 0 unspecified atom stereocenters. The van der Waals surface area contributed by atoms with E-state index in [1.807, 2.05) is 18.3 Å². The van der Waals surface area contributed by atoms with E-state index in [0.717, 1.165) is 54.2 Å². The first-order chi connectivity index (χ1) is 21.7. The monoisotopic (exact) mass is 582 g/mol. The second kappa shape index (κ2) is 9.76. The van der Waals surface area contributed by atoms with Crippen molar-refractivity contribution < 1.29 is 0 Å². The minimum atomic E-state index is 0.422. The van der Waals surface area contributed by atoms with Gasteiger partial charge in [-0.15, -0.1) is 11.3 Å². The number of hydrogen-bond donors (Lipinski definition) is 1. The molecule has 3 heterocycles. The third kappa shape index (κ3) is 3.76. The summed E-state index contributed by atoms with van der Waals surface area (Å²) in [5.74, 6) is 0. The lowest BCUT2D eigenvalue weighted by Crippen LogP contribution is -2.22. The number of benzene rings is 6. The zero-order valence-corrected chi connectivity index (χ0v) is 24.6. The number of aliphatic imine (C=N–C) groups is 1. The van der Waals surface area contributed by atoms with Gasteiger partial charge in [-0.05, 0) is 52.1 Å². The van der Waals surface area contributed by atoms with Gasteiger partial charge in [0.05, 0.1) is 33.2 Å². The van der Waals surface area contributed by atoms with Gasteiger partial charge in [0.2, 0.25) is 0 Å². The molecule has 0 saturated heterocycles. The summed E-state index contributed by atoms with van der Waals surface area (Å²) in [6.07, 6.45) is 1.85. The summed E-state index contributed by atoms with van der Waals surface area (Å²) < 4.78 is 1.15. The number of pyridine rings is 1. The van der Waals surface area contributed by atoms with Gasteiger partial charge in [0.25, 0.3) is 0 Å². The number of nitrogens with zero attached hydrogens (tertiary/aromatic N) is 3. The van der Waals surface area contributed by atoms with Crippen molar-refractivity contribution in [3.63, 3.8) is 0 Å². The maximum atomic E-state index is 6.89. The molecular weight excluding hydrogens is 557 g/mol. The highest BCUT2D eigenvalue weighted by Crippen LogP contribution is 2.49. The number of fused-ring (bicyclic) bond motifs is 5. The molecule has 0 radical (unpaired) electrons. The van der Waals surface area contributed by atoms with Gasteiger partial charge in [-0.2, -0.15) is 0 Å². The van der Waals surface area contributed by atoms with Crippen LogP contribution in [0.2, 0.25) is 0 Å². The molecule has 1 aliphatic rings. The number of anilines is 3. The van der Waals surface area contributed by atoms with Crippen LogP contribution < -0.4 is 10.6 Å². The first kappa shape index (κ1) is 25.0. The zero-order chi connectivity index (χ0) is 29.2. The zero-order valence-electron chi connectivity index (χ0n) is 23.7. The molecule has 0 atom stereocenters. The van der Waals surface area contributed by atoms with Crippen molar-refractivity contribution in [3.05, 3.63) is 144 Å². The third-order valence-corrected chi connectivity index (χ3v) is 9.92. The van der Waals surface area contributed by atoms with E-state index in [2.05, 4.69) is 120 Å². The van der Waals surface area contributed by atoms with Crippen LogP contribution in [-0.2, 0) is 0 Å². The van der Waals surface area contributed by atoms with Gasteiger partial charge in [0.15, 0.2) is 0 Å². The lowest BCUT2D eigenvalue weighted by Gasteiger charge is -2.33. The fourth-order valence-corrected chi connectivity index (χ4v) is 7.82. The Morgan fingerprint density at radius 2 is 1.41 bits per heavy atom. The first-order valence-electron chi connectivity index (χ1n) is 14.7. The summed E-state index contributed by atoms with van der Waals surface area (Å²) in [5, 5.41) is 7.04.